The minimum Gasteiger partial charge on any atom is -0.290 e. The molecule has 112 valence electrons. The molecule has 0 aliphatic heterocycles. The van der Waals surface area contributed by atoms with Crippen molar-refractivity contribution in [3.63, 3.8) is 0 Å². The monoisotopic (exact) mass is 290 g/mol. The molecule has 0 radical (unpaired) electrons. The Morgan fingerprint density at radius 1 is 0.727 bits per heavy atom. The molecule has 0 fully saturated rings. The molecule has 2 aromatic carbocycles. The van der Waals surface area contributed by atoms with E-state index in [2.05, 4.69) is 38.1 Å². The third kappa shape index (κ3) is 4.85. The Balaban J connectivity index is 1.92. The van der Waals surface area contributed by atoms with E-state index in [1.165, 1.54) is 11.1 Å². The number of hydrogen-bond acceptors (Lipinski definition) is 1. The molecule has 2 aromatic rings. The highest BCUT2D eigenvalue weighted by molar-refractivity contribution is 5.99. The van der Waals surface area contributed by atoms with Crippen molar-refractivity contribution in [2.24, 2.45) is 0 Å². The number of carbonyl (C=O) groups is 1. The molecule has 22 heavy (non-hydrogen) atoms. The van der Waals surface area contributed by atoms with Gasteiger partial charge in [-0.05, 0) is 35.1 Å². The summed E-state index contributed by atoms with van der Waals surface area (Å²) in [4.78, 5) is 11.9. The first-order valence-electron chi connectivity index (χ1n) is 7.67. The van der Waals surface area contributed by atoms with E-state index in [1.54, 1.807) is 12.2 Å². The first kappa shape index (κ1) is 16.0. The second kappa shape index (κ2) is 8.14. The Hall–Kier alpha value is -2.41. The van der Waals surface area contributed by atoms with E-state index in [4.69, 9.17) is 0 Å². The van der Waals surface area contributed by atoms with Crippen molar-refractivity contribution in [1.29, 1.82) is 0 Å². The topological polar surface area (TPSA) is 17.1 Å². The number of benzene rings is 2. The van der Waals surface area contributed by atoms with Gasteiger partial charge in [-0.15, -0.1) is 0 Å². The molecule has 0 aliphatic carbocycles. The molecule has 2 rings (SSSR count). The van der Waals surface area contributed by atoms with E-state index < -0.39 is 0 Å². The third-order valence-corrected chi connectivity index (χ3v) is 3.75. The predicted octanol–water partition coefficient (Wildman–Crippen LogP) is 5.28. The second-order valence-corrected chi connectivity index (χ2v) is 5.52. The zero-order chi connectivity index (χ0) is 15.8. The van der Waals surface area contributed by atoms with Gasteiger partial charge in [-0.3, -0.25) is 4.79 Å². The number of carbonyl (C=O) groups excluding carboxylic acids is 1. The molecule has 0 saturated heterocycles. The van der Waals surface area contributed by atoms with Crippen molar-refractivity contribution in [3.8, 4) is 0 Å². The first-order chi connectivity index (χ1) is 10.7. The Morgan fingerprint density at radius 3 is 1.45 bits per heavy atom. The largest absolute Gasteiger partial charge is 0.290 e. The minimum atomic E-state index is 0.0329. The van der Waals surface area contributed by atoms with Gasteiger partial charge in [0.05, 0.1) is 0 Å². The summed E-state index contributed by atoms with van der Waals surface area (Å²) in [5.41, 5.74) is 2.43. The van der Waals surface area contributed by atoms with E-state index in [1.807, 2.05) is 48.6 Å². The van der Waals surface area contributed by atoms with E-state index in [9.17, 15) is 4.79 Å². The molecule has 0 aliphatic rings. The lowest BCUT2D eigenvalue weighted by Gasteiger charge is -2.06. The zero-order valence-corrected chi connectivity index (χ0v) is 13.1. The van der Waals surface area contributed by atoms with Crippen molar-refractivity contribution in [2.75, 3.05) is 0 Å². The van der Waals surface area contributed by atoms with E-state index in [0.717, 1.165) is 0 Å². The predicted molar refractivity (Wildman–Crippen MR) is 93.0 cm³/mol. The Morgan fingerprint density at radius 2 is 1.09 bits per heavy atom. The highest BCUT2D eigenvalue weighted by Gasteiger charge is 2.02. The number of hydrogen-bond donors (Lipinski definition) is 0. The average molecular weight is 290 g/mol. The van der Waals surface area contributed by atoms with Crippen LogP contribution in [0.25, 0.3) is 0 Å². The molecule has 0 heterocycles. The highest BCUT2D eigenvalue weighted by atomic mass is 16.1. The molecule has 0 saturated carbocycles. The van der Waals surface area contributed by atoms with Crippen molar-refractivity contribution >= 4 is 5.78 Å². The molecule has 0 amide bonds. The van der Waals surface area contributed by atoms with Gasteiger partial charge in [0.25, 0.3) is 0 Å². The van der Waals surface area contributed by atoms with Crippen LogP contribution in [0.4, 0.5) is 0 Å². The molecule has 0 aromatic heterocycles. The normalized spacial score (nSPS) is 14.3. The molecule has 0 N–H and O–H groups in total. The van der Waals surface area contributed by atoms with Gasteiger partial charge in [-0.2, -0.15) is 0 Å². The zero-order valence-electron chi connectivity index (χ0n) is 13.1. The van der Waals surface area contributed by atoms with Crippen LogP contribution in [0.3, 0.4) is 0 Å². The molecular formula is C21H22O. The maximum Gasteiger partial charge on any atom is 0.178 e. The van der Waals surface area contributed by atoms with Crippen LogP contribution in [0.1, 0.15) is 36.8 Å². The lowest BCUT2D eigenvalue weighted by Crippen LogP contribution is -1.93. The summed E-state index contributed by atoms with van der Waals surface area (Å²) < 4.78 is 0. The van der Waals surface area contributed by atoms with Gasteiger partial charge >= 0.3 is 0 Å². The van der Waals surface area contributed by atoms with Crippen LogP contribution in [0, 0.1) is 0 Å². The summed E-state index contributed by atoms with van der Waals surface area (Å²) in [5.74, 6) is 0.515. The third-order valence-electron chi connectivity index (χ3n) is 3.75. The Kier molecular flexibility index (Phi) is 5.91. The first-order valence-corrected chi connectivity index (χ1v) is 7.67. The number of rotatable bonds is 6. The van der Waals surface area contributed by atoms with Crippen molar-refractivity contribution in [1.82, 2.24) is 0 Å². The number of allylic oxidation sites excluding steroid dienone is 4. The van der Waals surface area contributed by atoms with Gasteiger partial charge < -0.3 is 0 Å². The SMILES string of the molecule is CC(/C=C/C(=O)/C=C/C(C)c1ccccc1)c1ccccc1. The van der Waals surface area contributed by atoms with Gasteiger partial charge in [0, 0.05) is 0 Å². The van der Waals surface area contributed by atoms with Gasteiger partial charge in [0.15, 0.2) is 5.78 Å². The molecule has 1 heteroatoms. The number of ketones is 1. The van der Waals surface area contributed by atoms with E-state index >= 15 is 0 Å². The molecule has 2 unspecified atom stereocenters. The van der Waals surface area contributed by atoms with Crippen molar-refractivity contribution in [3.05, 3.63) is 96.1 Å². The van der Waals surface area contributed by atoms with Gasteiger partial charge in [0.1, 0.15) is 0 Å². The molecule has 0 spiro atoms. The second-order valence-electron chi connectivity index (χ2n) is 5.52. The Labute approximate surface area is 133 Å². The van der Waals surface area contributed by atoms with Crippen LogP contribution >= 0.6 is 0 Å². The lowest BCUT2D eigenvalue weighted by molar-refractivity contribution is -0.110. The minimum absolute atomic E-state index is 0.0329. The van der Waals surface area contributed by atoms with E-state index in [0.29, 0.717) is 0 Å². The van der Waals surface area contributed by atoms with Gasteiger partial charge in [-0.1, -0.05) is 86.7 Å². The summed E-state index contributed by atoms with van der Waals surface area (Å²) in [6.45, 7) is 4.19. The summed E-state index contributed by atoms with van der Waals surface area (Å²) >= 11 is 0. The van der Waals surface area contributed by atoms with Crippen molar-refractivity contribution in [2.45, 2.75) is 25.7 Å². The molecular weight excluding hydrogens is 268 g/mol. The van der Waals surface area contributed by atoms with Crippen LogP contribution in [0.2, 0.25) is 0 Å². The fourth-order valence-corrected chi connectivity index (χ4v) is 2.27. The lowest BCUT2D eigenvalue weighted by atomic mass is 9.99. The van der Waals surface area contributed by atoms with Crippen LogP contribution in [0.15, 0.2) is 85.0 Å². The summed E-state index contributed by atoms with van der Waals surface area (Å²) in [6, 6.07) is 20.4. The van der Waals surface area contributed by atoms with Crippen molar-refractivity contribution < 1.29 is 4.79 Å². The maximum atomic E-state index is 11.9. The van der Waals surface area contributed by atoms with Crippen LogP contribution in [-0.4, -0.2) is 5.78 Å². The van der Waals surface area contributed by atoms with E-state index in [-0.39, 0.29) is 17.6 Å². The highest BCUT2D eigenvalue weighted by Crippen LogP contribution is 2.17. The quantitative estimate of drug-likeness (QED) is 0.662. The maximum absolute atomic E-state index is 11.9. The molecule has 2 atom stereocenters. The summed E-state index contributed by atoms with van der Waals surface area (Å²) in [7, 11) is 0. The fraction of sp³-hybridized carbons (Fsp3) is 0.190. The average Bonchev–Trinajstić information content (AvgIpc) is 2.59. The molecule has 1 nitrogen and oxygen atoms in total. The van der Waals surface area contributed by atoms with Crippen LogP contribution in [0.5, 0.6) is 0 Å². The smallest absolute Gasteiger partial charge is 0.178 e. The molecule has 0 bridgehead atoms. The van der Waals surface area contributed by atoms with Crippen LogP contribution < -0.4 is 0 Å². The fourth-order valence-electron chi connectivity index (χ4n) is 2.27. The summed E-state index contributed by atoms with van der Waals surface area (Å²) in [6.07, 6.45) is 7.22. The summed E-state index contributed by atoms with van der Waals surface area (Å²) in [5, 5.41) is 0. The van der Waals surface area contributed by atoms with Gasteiger partial charge in [0.2, 0.25) is 0 Å². The Bertz CT molecular complexity index is 581. The van der Waals surface area contributed by atoms with Gasteiger partial charge in [-0.25, -0.2) is 0 Å². The standard InChI is InChI=1S/C21H22O/c1-17(19-9-5-3-6-10-19)13-15-21(22)16-14-18(2)20-11-7-4-8-12-20/h3-18H,1-2H3/b15-13+,16-14+. The van der Waals surface area contributed by atoms with Crippen LogP contribution in [-0.2, 0) is 4.79 Å².